The summed E-state index contributed by atoms with van der Waals surface area (Å²) >= 11 is 6.20. The highest BCUT2D eigenvalue weighted by Gasteiger charge is 2.33. The number of aryl methyl sites for hydroxylation is 1. The molecule has 0 radical (unpaired) electrons. The highest BCUT2D eigenvalue weighted by molar-refractivity contribution is 7.91. The number of rotatable bonds is 5. The van der Waals surface area contributed by atoms with Gasteiger partial charge in [0.25, 0.3) is 0 Å². The number of benzene rings is 1. The Morgan fingerprint density at radius 3 is 2.72 bits per heavy atom. The van der Waals surface area contributed by atoms with Crippen LogP contribution in [0, 0.1) is 6.92 Å². The quantitative estimate of drug-likeness (QED) is 0.858. The highest BCUT2D eigenvalue weighted by atomic mass is 35.5. The van der Waals surface area contributed by atoms with Crippen molar-refractivity contribution in [1.29, 1.82) is 0 Å². The predicted octanol–water partition coefficient (Wildman–Crippen LogP) is 3.20. The lowest BCUT2D eigenvalue weighted by Crippen LogP contribution is -2.37. The number of nitrogens with one attached hydrogen (secondary N) is 1. The van der Waals surface area contributed by atoms with Gasteiger partial charge in [0.05, 0.1) is 22.2 Å². The fourth-order valence-corrected chi connectivity index (χ4v) is 4.94. The normalized spacial score (nSPS) is 18.9. The number of hydrogen-bond acceptors (Lipinski definition) is 6. The van der Waals surface area contributed by atoms with Crippen molar-refractivity contribution < 1.29 is 8.42 Å². The molecule has 1 unspecified atom stereocenters. The largest absolute Gasteiger partial charge is 0.339 e. The van der Waals surface area contributed by atoms with Crippen LogP contribution in [0.1, 0.15) is 19.0 Å². The summed E-state index contributed by atoms with van der Waals surface area (Å²) in [6.45, 7) is 4.52. The van der Waals surface area contributed by atoms with Crippen LogP contribution in [-0.2, 0) is 9.84 Å². The first-order valence-electron chi connectivity index (χ1n) is 8.22. The number of nitrogens with zero attached hydrogens (tertiary/aromatic N) is 3. The molecule has 6 nitrogen and oxygen atoms in total. The summed E-state index contributed by atoms with van der Waals surface area (Å²) in [6.07, 6.45) is 0.612. The molecule has 8 heteroatoms. The van der Waals surface area contributed by atoms with E-state index in [4.69, 9.17) is 11.6 Å². The van der Waals surface area contributed by atoms with Gasteiger partial charge in [-0.1, -0.05) is 23.7 Å². The van der Waals surface area contributed by atoms with Crippen molar-refractivity contribution in [2.24, 2.45) is 0 Å². The highest BCUT2D eigenvalue weighted by Crippen LogP contribution is 2.27. The molecule has 2 heterocycles. The van der Waals surface area contributed by atoms with Crippen LogP contribution in [0.5, 0.6) is 0 Å². The Labute approximate surface area is 153 Å². The maximum atomic E-state index is 11.8. The number of anilines is 3. The standard InChI is InChI=1S/C17H21ClN4O2S/c1-3-22(13-8-9-25(23,24)11-13)17-19-12(2)10-16(21-17)20-15-7-5-4-6-14(15)18/h4-7,10,13H,3,8-9,11H2,1-2H3,(H,19,20,21). The Balaban J connectivity index is 1.89. The van der Waals surface area contributed by atoms with Crippen molar-refractivity contribution in [2.45, 2.75) is 26.3 Å². The number of sulfone groups is 1. The Bertz CT molecular complexity index is 873. The van der Waals surface area contributed by atoms with Crippen molar-refractivity contribution in [2.75, 3.05) is 28.3 Å². The van der Waals surface area contributed by atoms with E-state index in [0.717, 1.165) is 11.4 Å². The molecule has 2 aromatic rings. The Kier molecular flexibility index (Phi) is 5.15. The molecule has 134 valence electrons. The maximum absolute atomic E-state index is 11.8. The van der Waals surface area contributed by atoms with Crippen molar-refractivity contribution in [1.82, 2.24) is 9.97 Å². The average Bonchev–Trinajstić information content (AvgIpc) is 2.90. The molecule has 1 saturated heterocycles. The van der Waals surface area contributed by atoms with Crippen molar-refractivity contribution in [3.8, 4) is 0 Å². The van der Waals surface area contributed by atoms with E-state index >= 15 is 0 Å². The topological polar surface area (TPSA) is 75.2 Å². The molecule has 0 spiro atoms. The smallest absolute Gasteiger partial charge is 0.227 e. The van der Waals surface area contributed by atoms with Gasteiger partial charge in [0.1, 0.15) is 5.82 Å². The molecule has 25 heavy (non-hydrogen) atoms. The molecule has 3 rings (SSSR count). The fourth-order valence-electron chi connectivity index (χ4n) is 3.03. The molecule has 0 bridgehead atoms. The maximum Gasteiger partial charge on any atom is 0.227 e. The van der Waals surface area contributed by atoms with E-state index in [1.165, 1.54) is 0 Å². The second kappa shape index (κ2) is 7.17. The SMILES string of the molecule is CCN(c1nc(C)cc(Nc2ccccc2Cl)n1)C1CCS(=O)(=O)C1. The third-order valence-corrected chi connectivity index (χ3v) is 6.31. The zero-order chi connectivity index (χ0) is 18.0. The molecule has 0 aliphatic carbocycles. The zero-order valence-corrected chi connectivity index (χ0v) is 15.8. The fraction of sp³-hybridized carbons (Fsp3) is 0.412. The van der Waals surface area contributed by atoms with Crippen LogP contribution in [0.2, 0.25) is 5.02 Å². The summed E-state index contributed by atoms with van der Waals surface area (Å²) in [4.78, 5) is 11.1. The second-order valence-electron chi connectivity index (χ2n) is 6.14. The van der Waals surface area contributed by atoms with E-state index in [-0.39, 0.29) is 17.5 Å². The lowest BCUT2D eigenvalue weighted by atomic mass is 10.2. The summed E-state index contributed by atoms with van der Waals surface area (Å²) in [5.41, 5.74) is 1.57. The molecule has 1 aliphatic heterocycles. The van der Waals surface area contributed by atoms with E-state index in [1.54, 1.807) is 6.07 Å². The number of para-hydroxylation sites is 1. The van der Waals surface area contributed by atoms with E-state index in [1.807, 2.05) is 43.0 Å². The van der Waals surface area contributed by atoms with Crippen LogP contribution in [0.4, 0.5) is 17.5 Å². The van der Waals surface area contributed by atoms with E-state index in [9.17, 15) is 8.42 Å². The van der Waals surface area contributed by atoms with Crippen LogP contribution < -0.4 is 10.2 Å². The second-order valence-corrected chi connectivity index (χ2v) is 8.78. The molecule has 0 amide bonds. The Morgan fingerprint density at radius 1 is 1.32 bits per heavy atom. The molecular formula is C17H21ClN4O2S. The first kappa shape index (κ1) is 17.9. The molecule has 1 fully saturated rings. The first-order chi connectivity index (χ1) is 11.9. The van der Waals surface area contributed by atoms with Crippen LogP contribution >= 0.6 is 11.6 Å². The van der Waals surface area contributed by atoms with Crippen molar-refractivity contribution in [3.63, 3.8) is 0 Å². The zero-order valence-electron chi connectivity index (χ0n) is 14.2. The van der Waals surface area contributed by atoms with Gasteiger partial charge in [-0.2, -0.15) is 4.98 Å². The van der Waals surface area contributed by atoms with Gasteiger partial charge in [0.15, 0.2) is 9.84 Å². The summed E-state index contributed by atoms with van der Waals surface area (Å²) in [5, 5.41) is 3.82. The van der Waals surface area contributed by atoms with Gasteiger partial charge in [-0.15, -0.1) is 0 Å². The first-order valence-corrected chi connectivity index (χ1v) is 10.4. The van der Waals surface area contributed by atoms with Crippen LogP contribution in [-0.4, -0.2) is 42.5 Å². The third kappa shape index (κ3) is 4.22. The number of aromatic nitrogens is 2. The summed E-state index contributed by atoms with van der Waals surface area (Å²) in [7, 11) is -2.96. The molecule has 1 aromatic carbocycles. The lowest BCUT2D eigenvalue weighted by molar-refractivity contribution is 0.599. The minimum atomic E-state index is -2.96. The molecule has 1 aromatic heterocycles. The molecule has 0 saturated carbocycles. The molecule has 1 atom stereocenters. The lowest BCUT2D eigenvalue weighted by Gasteiger charge is -2.27. The summed E-state index contributed by atoms with van der Waals surface area (Å²) < 4.78 is 23.6. The van der Waals surface area contributed by atoms with Gasteiger partial charge >= 0.3 is 0 Å². The van der Waals surface area contributed by atoms with Gasteiger partial charge in [-0.3, -0.25) is 0 Å². The van der Waals surface area contributed by atoms with Gasteiger partial charge < -0.3 is 10.2 Å². The minimum absolute atomic E-state index is 0.0787. The molecule has 1 aliphatic rings. The predicted molar refractivity (Wildman–Crippen MR) is 102 cm³/mol. The Morgan fingerprint density at radius 2 is 2.08 bits per heavy atom. The van der Waals surface area contributed by atoms with Gasteiger partial charge in [0.2, 0.25) is 5.95 Å². The van der Waals surface area contributed by atoms with Crippen LogP contribution in [0.25, 0.3) is 0 Å². The summed E-state index contributed by atoms with van der Waals surface area (Å²) in [5.74, 6) is 1.56. The van der Waals surface area contributed by atoms with E-state index in [0.29, 0.717) is 29.8 Å². The van der Waals surface area contributed by atoms with E-state index < -0.39 is 9.84 Å². The number of hydrogen-bond donors (Lipinski definition) is 1. The van der Waals surface area contributed by atoms with Gasteiger partial charge in [-0.25, -0.2) is 13.4 Å². The van der Waals surface area contributed by atoms with Crippen LogP contribution in [0.3, 0.4) is 0 Å². The number of halogens is 1. The van der Waals surface area contributed by atoms with Gasteiger partial charge in [0, 0.05) is 24.3 Å². The van der Waals surface area contributed by atoms with Crippen LogP contribution in [0.15, 0.2) is 30.3 Å². The summed E-state index contributed by atoms with van der Waals surface area (Å²) in [6, 6.07) is 9.20. The third-order valence-electron chi connectivity index (χ3n) is 4.23. The van der Waals surface area contributed by atoms with E-state index in [2.05, 4.69) is 15.3 Å². The minimum Gasteiger partial charge on any atom is -0.339 e. The molecule has 1 N–H and O–H groups in total. The Hall–Kier alpha value is -1.86. The molecular weight excluding hydrogens is 360 g/mol. The van der Waals surface area contributed by atoms with Crippen molar-refractivity contribution in [3.05, 3.63) is 41.0 Å². The average molecular weight is 381 g/mol. The van der Waals surface area contributed by atoms with Crippen molar-refractivity contribution >= 4 is 38.9 Å². The van der Waals surface area contributed by atoms with Gasteiger partial charge in [-0.05, 0) is 32.4 Å². The monoisotopic (exact) mass is 380 g/mol.